The van der Waals surface area contributed by atoms with E-state index < -0.39 is 6.67 Å². The van der Waals surface area contributed by atoms with Gasteiger partial charge in [0.25, 0.3) is 0 Å². The molecule has 0 aliphatic carbocycles. The molecule has 0 aromatic carbocycles. The zero-order valence-corrected chi connectivity index (χ0v) is 10.2. The summed E-state index contributed by atoms with van der Waals surface area (Å²) >= 11 is 0. The molecule has 1 heterocycles. The molecule has 96 valence electrons. The zero-order valence-electron chi connectivity index (χ0n) is 10.2. The summed E-state index contributed by atoms with van der Waals surface area (Å²) in [4.78, 5) is 11.4. The Bertz CT molecular complexity index is 340. The number of carbonyl (C=O) groups is 1. The van der Waals surface area contributed by atoms with Gasteiger partial charge in [-0.2, -0.15) is 0 Å². The molecule has 0 atom stereocenters. The second-order valence-corrected chi connectivity index (χ2v) is 3.87. The van der Waals surface area contributed by atoms with Crippen molar-refractivity contribution in [3.8, 4) is 0 Å². The molecule has 0 spiro atoms. The standard InChI is InChI=1S/C11H19FN4O/c1-2-3-7-13-11(17)5-4-10-9-16(8-6-12)15-14-10/h9H,2-8H2,1H3,(H,13,17). The minimum atomic E-state index is -0.458. The molecule has 17 heavy (non-hydrogen) atoms. The maximum absolute atomic E-state index is 12.0. The van der Waals surface area contributed by atoms with E-state index in [1.807, 2.05) is 0 Å². The highest BCUT2D eigenvalue weighted by Gasteiger charge is 2.05. The summed E-state index contributed by atoms with van der Waals surface area (Å²) in [7, 11) is 0. The van der Waals surface area contributed by atoms with Gasteiger partial charge in [-0.1, -0.05) is 18.6 Å². The Labute approximate surface area is 100 Å². The van der Waals surface area contributed by atoms with Gasteiger partial charge in [0.05, 0.1) is 12.2 Å². The summed E-state index contributed by atoms with van der Waals surface area (Å²) in [6.07, 6.45) is 4.69. The zero-order chi connectivity index (χ0) is 12.5. The molecule has 0 fully saturated rings. The summed E-state index contributed by atoms with van der Waals surface area (Å²) < 4.78 is 13.5. The average Bonchev–Trinajstić information content (AvgIpc) is 2.75. The Morgan fingerprint density at radius 1 is 1.59 bits per heavy atom. The van der Waals surface area contributed by atoms with E-state index in [9.17, 15) is 9.18 Å². The van der Waals surface area contributed by atoms with Crippen LogP contribution in [0.25, 0.3) is 0 Å². The first kappa shape index (κ1) is 13.6. The number of nitrogens with zero attached hydrogens (tertiary/aromatic N) is 3. The van der Waals surface area contributed by atoms with E-state index in [0.717, 1.165) is 25.1 Å². The predicted octanol–water partition coefficient (Wildman–Crippen LogP) is 1.10. The van der Waals surface area contributed by atoms with E-state index in [2.05, 4.69) is 22.6 Å². The molecule has 0 bridgehead atoms. The number of carbonyl (C=O) groups excluding carboxylic acids is 1. The molecule has 1 aromatic heterocycles. The largest absolute Gasteiger partial charge is 0.356 e. The van der Waals surface area contributed by atoms with Gasteiger partial charge in [0.1, 0.15) is 6.67 Å². The van der Waals surface area contributed by atoms with E-state index in [4.69, 9.17) is 0 Å². The SMILES string of the molecule is CCCCNC(=O)CCc1cn(CCF)nn1. The van der Waals surface area contributed by atoms with Gasteiger partial charge in [-0.3, -0.25) is 4.79 Å². The number of unbranched alkanes of at least 4 members (excludes halogenated alkanes) is 1. The number of hydrogen-bond donors (Lipinski definition) is 1. The van der Waals surface area contributed by atoms with E-state index in [1.54, 1.807) is 6.20 Å². The Hall–Kier alpha value is -1.46. The molecule has 0 aliphatic heterocycles. The topological polar surface area (TPSA) is 59.8 Å². The molecular formula is C11H19FN4O. The van der Waals surface area contributed by atoms with Crippen LogP contribution in [0.2, 0.25) is 0 Å². The Balaban J connectivity index is 2.22. The molecule has 1 N–H and O–H groups in total. The van der Waals surface area contributed by atoms with Gasteiger partial charge in [-0.25, -0.2) is 9.07 Å². The minimum Gasteiger partial charge on any atom is -0.356 e. The number of hydrogen-bond acceptors (Lipinski definition) is 3. The van der Waals surface area contributed by atoms with Gasteiger partial charge in [0.15, 0.2) is 0 Å². The number of amides is 1. The lowest BCUT2D eigenvalue weighted by molar-refractivity contribution is -0.121. The normalized spacial score (nSPS) is 10.5. The van der Waals surface area contributed by atoms with Crippen LogP contribution in [0.5, 0.6) is 0 Å². The first-order chi connectivity index (χ1) is 8.26. The molecule has 5 nitrogen and oxygen atoms in total. The lowest BCUT2D eigenvalue weighted by Gasteiger charge is -2.02. The number of alkyl halides is 1. The Morgan fingerprint density at radius 3 is 3.12 bits per heavy atom. The summed E-state index contributed by atoms with van der Waals surface area (Å²) in [6.45, 7) is 2.56. The lowest BCUT2D eigenvalue weighted by Crippen LogP contribution is -2.24. The summed E-state index contributed by atoms with van der Waals surface area (Å²) in [5, 5.41) is 10.5. The first-order valence-corrected chi connectivity index (χ1v) is 5.98. The molecule has 0 radical (unpaired) electrons. The fourth-order valence-corrected chi connectivity index (χ4v) is 1.38. The molecule has 1 amide bonds. The van der Waals surface area contributed by atoms with Gasteiger partial charge >= 0.3 is 0 Å². The molecule has 0 saturated carbocycles. The van der Waals surface area contributed by atoms with Crippen molar-refractivity contribution in [1.82, 2.24) is 20.3 Å². The third-order valence-corrected chi connectivity index (χ3v) is 2.36. The second kappa shape index (κ2) is 7.76. The quantitative estimate of drug-likeness (QED) is 0.694. The molecular weight excluding hydrogens is 223 g/mol. The molecule has 0 aliphatic rings. The van der Waals surface area contributed by atoms with Crippen LogP contribution < -0.4 is 5.32 Å². The van der Waals surface area contributed by atoms with Crippen LogP contribution in [-0.4, -0.2) is 34.1 Å². The van der Waals surface area contributed by atoms with Crippen molar-refractivity contribution in [1.29, 1.82) is 0 Å². The van der Waals surface area contributed by atoms with Gasteiger partial charge in [-0.15, -0.1) is 5.10 Å². The van der Waals surface area contributed by atoms with Crippen molar-refractivity contribution in [2.24, 2.45) is 0 Å². The van der Waals surface area contributed by atoms with E-state index >= 15 is 0 Å². The number of nitrogens with one attached hydrogen (secondary N) is 1. The highest BCUT2D eigenvalue weighted by molar-refractivity contribution is 5.75. The number of aryl methyl sites for hydroxylation is 2. The van der Waals surface area contributed by atoms with Gasteiger partial charge in [0, 0.05) is 25.6 Å². The molecule has 0 unspecified atom stereocenters. The van der Waals surface area contributed by atoms with Crippen LogP contribution in [-0.2, 0) is 17.8 Å². The first-order valence-electron chi connectivity index (χ1n) is 5.98. The summed E-state index contributed by atoms with van der Waals surface area (Å²) in [6, 6.07) is 0. The van der Waals surface area contributed by atoms with Gasteiger partial charge in [0.2, 0.25) is 5.91 Å². The minimum absolute atomic E-state index is 0.0264. The van der Waals surface area contributed by atoms with Crippen LogP contribution in [0.4, 0.5) is 4.39 Å². The number of aromatic nitrogens is 3. The molecule has 1 rings (SSSR count). The predicted molar refractivity (Wildman–Crippen MR) is 62.2 cm³/mol. The maximum atomic E-state index is 12.0. The number of rotatable bonds is 8. The van der Waals surface area contributed by atoms with E-state index in [0.29, 0.717) is 12.8 Å². The second-order valence-electron chi connectivity index (χ2n) is 3.87. The summed E-state index contributed by atoms with van der Waals surface area (Å²) in [5.41, 5.74) is 0.726. The van der Waals surface area contributed by atoms with E-state index in [1.165, 1.54) is 4.68 Å². The molecule has 1 aromatic rings. The van der Waals surface area contributed by atoms with Crippen LogP contribution in [0.1, 0.15) is 31.9 Å². The number of halogens is 1. The van der Waals surface area contributed by atoms with Crippen molar-refractivity contribution < 1.29 is 9.18 Å². The van der Waals surface area contributed by atoms with Crippen molar-refractivity contribution >= 4 is 5.91 Å². The maximum Gasteiger partial charge on any atom is 0.220 e. The third-order valence-electron chi connectivity index (χ3n) is 2.36. The molecule has 0 saturated heterocycles. The van der Waals surface area contributed by atoms with Crippen molar-refractivity contribution in [3.63, 3.8) is 0 Å². The molecule has 6 heteroatoms. The van der Waals surface area contributed by atoms with Gasteiger partial charge in [-0.05, 0) is 6.42 Å². The summed E-state index contributed by atoms with van der Waals surface area (Å²) in [5.74, 6) is 0.0264. The van der Waals surface area contributed by atoms with Crippen LogP contribution in [0.3, 0.4) is 0 Å². The lowest BCUT2D eigenvalue weighted by atomic mass is 10.2. The Kier molecular flexibility index (Phi) is 6.21. The smallest absolute Gasteiger partial charge is 0.220 e. The van der Waals surface area contributed by atoms with E-state index in [-0.39, 0.29) is 12.5 Å². The van der Waals surface area contributed by atoms with Crippen molar-refractivity contribution in [2.75, 3.05) is 13.2 Å². The average molecular weight is 242 g/mol. The highest BCUT2D eigenvalue weighted by atomic mass is 19.1. The van der Waals surface area contributed by atoms with Crippen molar-refractivity contribution in [2.45, 2.75) is 39.2 Å². The monoisotopic (exact) mass is 242 g/mol. The fraction of sp³-hybridized carbons (Fsp3) is 0.727. The highest BCUT2D eigenvalue weighted by Crippen LogP contribution is 1.98. The van der Waals surface area contributed by atoms with Crippen LogP contribution >= 0.6 is 0 Å². The van der Waals surface area contributed by atoms with Gasteiger partial charge < -0.3 is 5.32 Å². The van der Waals surface area contributed by atoms with Crippen LogP contribution in [0.15, 0.2) is 6.20 Å². The fourth-order valence-electron chi connectivity index (χ4n) is 1.38. The Morgan fingerprint density at radius 2 is 2.41 bits per heavy atom. The third kappa shape index (κ3) is 5.42. The van der Waals surface area contributed by atoms with Crippen LogP contribution in [0, 0.1) is 0 Å². The van der Waals surface area contributed by atoms with Crippen molar-refractivity contribution in [3.05, 3.63) is 11.9 Å².